The molecule has 1 saturated carbocycles. The molecule has 0 saturated heterocycles. The van der Waals surface area contributed by atoms with E-state index in [9.17, 15) is 5.11 Å². The highest BCUT2D eigenvalue weighted by Crippen LogP contribution is 2.28. The molecule has 0 aliphatic heterocycles. The molecule has 0 unspecified atom stereocenters. The van der Waals surface area contributed by atoms with Crippen molar-refractivity contribution < 1.29 is 5.11 Å². The van der Waals surface area contributed by atoms with E-state index in [0.29, 0.717) is 0 Å². The van der Waals surface area contributed by atoms with Crippen LogP contribution in [0.5, 0.6) is 0 Å². The van der Waals surface area contributed by atoms with Crippen LogP contribution in [0.3, 0.4) is 0 Å². The molecule has 0 bridgehead atoms. The van der Waals surface area contributed by atoms with Crippen molar-refractivity contribution in [3.63, 3.8) is 0 Å². The lowest BCUT2D eigenvalue weighted by atomic mass is 9.89. The third kappa shape index (κ3) is 1.86. The molecule has 1 aliphatic rings. The first-order valence-corrected chi connectivity index (χ1v) is 5.25. The number of nitrogens with one attached hydrogen (secondary N) is 1. The van der Waals surface area contributed by atoms with Crippen molar-refractivity contribution in [2.24, 2.45) is 0 Å². The van der Waals surface area contributed by atoms with Gasteiger partial charge in [-0.05, 0) is 37.5 Å². The second-order valence-electron chi connectivity index (χ2n) is 3.88. The number of rotatable bonds is 2. The molecule has 1 aromatic rings. The number of anilines is 1. The quantitative estimate of drug-likeness (QED) is 0.788. The molecule has 2 atom stereocenters. The smallest absolute Gasteiger partial charge is 0.0742 e. The zero-order chi connectivity index (χ0) is 10.1. The zero-order valence-electron chi connectivity index (χ0n) is 8.13. The molecule has 2 nitrogen and oxygen atoms in total. The van der Waals surface area contributed by atoms with Gasteiger partial charge in [-0.25, -0.2) is 0 Å². The lowest BCUT2D eigenvalue weighted by Gasteiger charge is -2.34. The summed E-state index contributed by atoms with van der Waals surface area (Å²) in [6.45, 7) is 2.01. The lowest BCUT2D eigenvalue weighted by molar-refractivity contribution is 0.0786. The van der Waals surface area contributed by atoms with Gasteiger partial charge in [0.05, 0.1) is 22.9 Å². The predicted octanol–water partition coefficient (Wildman–Crippen LogP) is 2.58. The largest absolute Gasteiger partial charge is 0.391 e. The Morgan fingerprint density at radius 3 is 2.71 bits per heavy atom. The van der Waals surface area contributed by atoms with E-state index >= 15 is 0 Å². The first kappa shape index (κ1) is 9.81. The van der Waals surface area contributed by atoms with E-state index < -0.39 is 0 Å². The molecule has 0 aromatic heterocycles. The van der Waals surface area contributed by atoms with Gasteiger partial charge in [-0.1, -0.05) is 17.7 Å². The van der Waals surface area contributed by atoms with Crippen molar-refractivity contribution >= 4 is 17.3 Å². The van der Waals surface area contributed by atoms with E-state index in [1.165, 1.54) is 0 Å². The number of benzene rings is 1. The summed E-state index contributed by atoms with van der Waals surface area (Å²) in [6.07, 6.45) is 1.69. The van der Waals surface area contributed by atoms with E-state index in [0.717, 1.165) is 29.1 Å². The molecule has 2 N–H and O–H groups in total. The van der Waals surface area contributed by atoms with Gasteiger partial charge >= 0.3 is 0 Å². The summed E-state index contributed by atoms with van der Waals surface area (Å²) in [5.74, 6) is 0. The van der Waals surface area contributed by atoms with E-state index in [4.69, 9.17) is 11.6 Å². The summed E-state index contributed by atoms with van der Waals surface area (Å²) >= 11 is 6.06. The van der Waals surface area contributed by atoms with E-state index in [2.05, 4.69) is 5.32 Å². The average molecular weight is 212 g/mol. The fraction of sp³-hybridized carbons (Fsp3) is 0.455. The molecule has 0 heterocycles. The SMILES string of the molecule is Cc1ccc(N[C@@H]2CC[C@H]2O)c(Cl)c1. The van der Waals surface area contributed by atoms with Crippen LogP contribution in [0.15, 0.2) is 18.2 Å². The minimum atomic E-state index is -0.215. The summed E-state index contributed by atoms with van der Waals surface area (Å²) in [5, 5.41) is 13.4. The van der Waals surface area contributed by atoms with Crippen molar-refractivity contribution in [1.29, 1.82) is 0 Å². The Morgan fingerprint density at radius 2 is 2.21 bits per heavy atom. The van der Waals surface area contributed by atoms with Crippen LogP contribution >= 0.6 is 11.6 Å². The Kier molecular flexibility index (Phi) is 2.66. The van der Waals surface area contributed by atoms with Crippen LogP contribution in [0.4, 0.5) is 5.69 Å². The Bertz CT molecular complexity index is 340. The second-order valence-corrected chi connectivity index (χ2v) is 4.29. The van der Waals surface area contributed by atoms with Crippen molar-refractivity contribution in [3.05, 3.63) is 28.8 Å². The van der Waals surface area contributed by atoms with Crippen molar-refractivity contribution in [2.45, 2.75) is 31.9 Å². The number of aryl methyl sites for hydroxylation is 1. The summed E-state index contributed by atoms with van der Waals surface area (Å²) in [6, 6.07) is 6.08. The zero-order valence-corrected chi connectivity index (χ0v) is 8.88. The van der Waals surface area contributed by atoms with E-state index in [1.54, 1.807) is 0 Å². The predicted molar refractivity (Wildman–Crippen MR) is 58.8 cm³/mol. The van der Waals surface area contributed by atoms with Gasteiger partial charge in [0.25, 0.3) is 0 Å². The standard InChI is InChI=1S/C11H14ClNO/c1-7-2-3-9(8(12)6-7)13-10-4-5-11(10)14/h2-3,6,10-11,13-14H,4-5H2,1H3/t10-,11-/m1/s1. The monoisotopic (exact) mass is 211 g/mol. The molecule has 1 aromatic carbocycles. The number of aliphatic hydroxyl groups is 1. The van der Waals surface area contributed by atoms with Gasteiger partial charge in [0, 0.05) is 0 Å². The maximum absolute atomic E-state index is 9.41. The van der Waals surface area contributed by atoms with Gasteiger partial charge in [0.2, 0.25) is 0 Å². The molecule has 76 valence electrons. The molecule has 0 amide bonds. The van der Waals surface area contributed by atoms with Crippen LogP contribution in [0.1, 0.15) is 18.4 Å². The molecular formula is C11H14ClNO. The summed E-state index contributed by atoms with van der Waals surface area (Å²) < 4.78 is 0. The van der Waals surface area contributed by atoms with Crippen LogP contribution in [-0.4, -0.2) is 17.3 Å². The third-order valence-electron chi connectivity index (χ3n) is 2.70. The minimum Gasteiger partial charge on any atom is -0.391 e. The van der Waals surface area contributed by atoms with Gasteiger partial charge in [0.15, 0.2) is 0 Å². The molecule has 3 heteroatoms. The fourth-order valence-corrected chi connectivity index (χ4v) is 1.88. The summed E-state index contributed by atoms with van der Waals surface area (Å²) in [7, 11) is 0. The Morgan fingerprint density at radius 1 is 1.43 bits per heavy atom. The average Bonchev–Trinajstić information content (AvgIpc) is 2.14. The van der Waals surface area contributed by atoms with Crippen LogP contribution in [0.2, 0.25) is 5.02 Å². The highest BCUT2D eigenvalue weighted by atomic mass is 35.5. The first-order valence-electron chi connectivity index (χ1n) is 4.87. The summed E-state index contributed by atoms with van der Waals surface area (Å²) in [4.78, 5) is 0. The van der Waals surface area contributed by atoms with Gasteiger partial charge in [-0.2, -0.15) is 0 Å². The Balaban J connectivity index is 2.09. The first-order chi connectivity index (χ1) is 6.66. The topological polar surface area (TPSA) is 32.3 Å². The highest BCUT2D eigenvalue weighted by Gasteiger charge is 2.28. The van der Waals surface area contributed by atoms with Crippen LogP contribution < -0.4 is 5.32 Å². The van der Waals surface area contributed by atoms with Crippen LogP contribution in [0.25, 0.3) is 0 Å². The third-order valence-corrected chi connectivity index (χ3v) is 3.02. The van der Waals surface area contributed by atoms with Gasteiger partial charge in [-0.15, -0.1) is 0 Å². The normalized spacial score (nSPS) is 25.6. The number of aliphatic hydroxyl groups excluding tert-OH is 1. The molecule has 0 radical (unpaired) electrons. The maximum atomic E-state index is 9.41. The molecule has 2 rings (SSSR count). The van der Waals surface area contributed by atoms with Crippen molar-refractivity contribution in [1.82, 2.24) is 0 Å². The molecule has 14 heavy (non-hydrogen) atoms. The van der Waals surface area contributed by atoms with Crippen molar-refractivity contribution in [2.75, 3.05) is 5.32 Å². The van der Waals surface area contributed by atoms with E-state index in [1.807, 2.05) is 25.1 Å². The molecule has 0 spiro atoms. The van der Waals surface area contributed by atoms with Crippen LogP contribution in [-0.2, 0) is 0 Å². The molecule has 1 fully saturated rings. The summed E-state index contributed by atoms with van der Waals surface area (Å²) in [5.41, 5.74) is 2.07. The number of hydrogen-bond donors (Lipinski definition) is 2. The van der Waals surface area contributed by atoms with Gasteiger partial charge in [0.1, 0.15) is 0 Å². The Hall–Kier alpha value is -0.730. The highest BCUT2D eigenvalue weighted by molar-refractivity contribution is 6.33. The minimum absolute atomic E-state index is 0.176. The molecular weight excluding hydrogens is 198 g/mol. The lowest BCUT2D eigenvalue weighted by Crippen LogP contribution is -2.42. The van der Waals surface area contributed by atoms with Gasteiger partial charge in [-0.3, -0.25) is 0 Å². The number of hydrogen-bond acceptors (Lipinski definition) is 2. The van der Waals surface area contributed by atoms with Crippen molar-refractivity contribution in [3.8, 4) is 0 Å². The van der Waals surface area contributed by atoms with Crippen LogP contribution in [0, 0.1) is 6.92 Å². The Labute approximate surface area is 88.9 Å². The number of halogens is 1. The molecule has 1 aliphatic carbocycles. The maximum Gasteiger partial charge on any atom is 0.0742 e. The fourth-order valence-electron chi connectivity index (χ4n) is 1.59. The van der Waals surface area contributed by atoms with E-state index in [-0.39, 0.29) is 12.1 Å². The van der Waals surface area contributed by atoms with Gasteiger partial charge < -0.3 is 10.4 Å². The second kappa shape index (κ2) is 3.79.